The second-order valence-corrected chi connectivity index (χ2v) is 4.40. The molecule has 2 N–H and O–H groups in total. The van der Waals surface area contributed by atoms with E-state index in [9.17, 15) is 4.39 Å². The summed E-state index contributed by atoms with van der Waals surface area (Å²) in [5.74, 6) is 0.547. The van der Waals surface area contributed by atoms with Gasteiger partial charge in [-0.1, -0.05) is 0 Å². The summed E-state index contributed by atoms with van der Waals surface area (Å²) < 4.78 is 12.9. The normalized spacial score (nSPS) is 17.2. The van der Waals surface area contributed by atoms with Crippen LogP contribution in [0.4, 0.5) is 10.1 Å². The zero-order valence-electron chi connectivity index (χ0n) is 9.70. The first-order valence-corrected chi connectivity index (χ1v) is 5.98. The van der Waals surface area contributed by atoms with Gasteiger partial charge in [-0.15, -0.1) is 0 Å². The molecule has 1 atom stereocenters. The van der Waals surface area contributed by atoms with E-state index in [1.165, 1.54) is 25.0 Å². The van der Waals surface area contributed by atoms with E-state index in [-0.39, 0.29) is 5.82 Å². The Morgan fingerprint density at radius 2 is 2.00 bits per heavy atom. The fourth-order valence-electron chi connectivity index (χ4n) is 2.30. The average molecular weight is 222 g/mol. The van der Waals surface area contributed by atoms with Gasteiger partial charge in [0.25, 0.3) is 0 Å². The summed E-state index contributed by atoms with van der Waals surface area (Å²) in [5, 5.41) is 0. The quantitative estimate of drug-likeness (QED) is 0.829. The molecule has 0 saturated heterocycles. The van der Waals surface area contributed by atoms with Crippen molar-refractivity contribution >= 4 is 5.69 Å². The van der Waals surface area contributed by atoms with Crippen LogP contribution in [0.15, 0.2) is 24.3 Å². The fraction of sp³-hybridized carbons (Fsp3) is 0.538. The van der Waals surface area contributed by atoms with E-state index < -0.39 is 0 Å². The third-order valence-corrected chi connectivity index (χ3v) is 3.31. The van der Waals surface area contributed by atoms with Gasteiger partial charge in [-0.3, -0.25) is 0 Å². The lowest BCUT2D eigenvalue weighted by atomic mass is 10.1. The number of nitrogens with zero attached hydrogens (tertiary/aromatic N) is 1. The summed E-state index contributed by atoms with van der Waals surface area (Å²) in [7, 11) is 0. The molecule has 1 aliphatic carbocycles. The van der Waals surface area contributed by atoms with Crippen LogP contribution in [0.25, 0.3) is 0 Å². The van der Waals surface area contributed by atoms with Crippen LogP contribution in [0.1, 0.15) is 19.8 Å². The first kappa shape index (κ1) is 11.4. The molecular weight excluding hydrogens is 203 g/mol. The highest BCUT2D eigenvalue weighted by molar-refractivity contribution is 5.47. The number of hydrogen-bond donors (Lipinski definition) is 1. The first-order chi connectivity index (χ1) is 7.76. The Kier molecular flexibility index (Phi) is 3.44. The van der Waals surface area contributed by atoms with Crippen molar-refractivity contribution in [2.75, 3.05) is 18.0 Å². The Balaban J connectivity index is 2.16. The van der Waals surface area contributed by atoms with Gasteiger partial charge in [-0.05, 0) is 49.9 Å². The van der Waals surface area contributed by atoms with Crippen molar-refractivity contribution in [2.24, 2.45) is 11.7 Å². The number of halogens is 1. The molecule has 2 rings (SSSR count). The summed E-state index contributed by atoms with van der Waals surface area (Å²) in [4.78, 5) is 2.29. The van der Waals surface area contributed by atoms with Gasteiger partial charge in [0.05, 0.1) is 0 Å². The second-order valence-electron chi connectivity index (χ2n) is 4.40. The van der Waals surface area contributed by atoms with Gasteiger partial charge < -0.3 is 10.6 Å². The molecule has 0 spiro atoms. The van der Waals surface area contributed by atoms with Crippen LogP contribution in [0.2, 0.25) is 0 Å². The second kappa shape index (κ2) is 4.83. The van der Waals surface area contributed by atoms with E-state index in [0.29, 0.717) is 12.6 Å². The highest BCUT2D eigenvalue weighted by Gasteiger charge is 2.33. The lowest BCUT2D eigenvalue weighted by Crippen LogP contribution is -2.42. The maximum atomic E-state index is 12.9. The van der Waals surface area contributed by atoms with Crippen molar-refractivity contribution in [3.8, 4) is 0 Å². The van der Waals surface area contributed by atoms with E-state index in [0.717, 1.165) is 18.2 Å². The molecular formula is C13H19FN2. The van der Waals surface area contributed by atoms with E-state index in [1.807, 2.05) is 12.1 Å². The van der Waals surface area contributed by atoms with Crippen molar-refractivity contribution < 1.29 is 4.39 Å². The maximum Gasteiger partial charge on any atom is 0.123 e. The minimum atomic E-state index is -0.185. The molecule has 1 aliphatic rings. The Morgan fingerprint density at radius 1 is 1.38 bits per heavy atom. The van der Waals surface area contributed by atoms with Gasteiger partial charge in [0.1, 0.15) is 5.82 Å². The molecule has 0 radical (unpaired) electrons. The maximum absolute atomic E-state index is 12.9. The summed E-state index contributed by atoms with van der Waals surface area (Å²) in [6, 6.07) is 7.11. The van der Waals surface area contributed by atoms with Crippen LogP contribution in [-0.2, 0) is 0 Å². The molecule has 1 aromatic rings. The highest BCUT2D eigenvalue weighted by atomic mass is 19.1. The molecule has 1 unspecified atom stereocenters. The standard InChI is InChI=1S/C13H19FN2/c1-2-16(13(9-15)10-3-4-10)12-7-5-11(14)6-8-12/h5-8,10,13H,2-4,9,15H2,1H3. The zero-order valence-corrected chi connectivity index (χ0v) is 9.70. The predicted octanol–water partition coefficient (Wildman–Crippen LogP) is 2.39. The summed E-state index contributed by atoms with van der Waals surface area (Å²) in [5.41, 5.74) is 6.92. The largest absolute Gasteiger partial charge is 0.367 e. The average Bonchev–Trinajstić information content (AvgIpc) is 3.11. The Morgan fingerprint density at radius 3 is 2.44 bits per heavy atom. The number of benzene rings is 1. The predicted molar refractivity (Wildman–Crippen MR) is 65.0 cm³/mol. The summed E-state index contributed by atoms with van der Waals surface area (Å²) in [6.45, 7) is 3.72. The van der Waals surface area contributed by atoms with Crippen molar-refractivity contribution in [3.63, 3.8) is 0 Å². The molecule has 88 valence electrons. The molecule has 0 aliphatic heterocycles. The number of likely N-dealkylation sites (N-methyl/N-ethyl adjacent to an activating group) is 1. The van der Waals surface area contributed by atoms with Gasteiger partial charge in [-0.25, -0.2) is 4.39 Å². The van der Waals surface area contributed by atoms with E-state index >= 15 is 0 Å². The van der Waals surface area contributed by atoms with Crippen molar-refractivity contribution in [1.82, 2.24) is 0 Å². The van der Waals surface area contributed by atoms with Crippen molar-refractivity contribution in [2.45, 2.75) is 25.8 Å². The lowest BCUT2D eigenvalue weighted by Gasteiger charge is -2.32. The summed E-state index contributed by atoms with van der Waals surface area (Å²) in [6.07, 6.45) is 2.55. The molecule has 0 heterocycles. The molecule has 1 fully saturated rings. The monoisotopic (exact) mass is 222 g/mol. The van der Waals surface area contributed by atoms with Crippen LogP contribution < -0.4 is 10.6 Å². The molecule has 1 saturated carbocycles. The molecule has 0 amide bonds. The first-order valence-electron chi connectivity index (χ1n) is 5.98. The number of rotatable bonds is 5. The number of anilines is 1. The van der Waals surface area contributed by atoms with Crippen LogP contribution in [0, 0.1) is 11.7 Å². The summed E-state index contributed by atoms with van der Waals surface area (Å²) >= 11 is 0. The Labute approximate surface area is 96.2 Å². The third-order valence-electron chi connectivity index (χ3n) is 3.31. The van der Waals surface area contributed by atoms with E-state index in [2.05, 4.69) is 11.8 Å². The smallest absolute Gasteiger partial charge is 0.123 e. The van der Waals surface area contributed by atoms with Crippen LogP contribution in [-0.4, -0.2) is 19.1 Å². The molecule has 0 bridgehead atoms. The third kappa shape index (κ3) is 2.35. The van der Waals surface area contributed by atoms with Gasteiger partial charge in [0.15, 0.2) is 0 Å². The Bertz CT molecular complexity index is 332. The molecule has 1 aromatic carbocycles. The Hall–Kier alpha value is -1.09. The van der Waals surface area contributed by atoms with Gasteiger partial charge in [-0.2, -0.15) is 0 Å². The lowest BCUT2D eigenvalue weighted by molar-refractivity contribution is 0.547. The van der Waals surface area contributed by atoms with Gasteiger partial charge >= 0.3 is 0 Å². The van der Waals surface area contributed by atoms with Crippen molar-refractivity contribution in [1.29, 1.82) is 0 Å². The van der Waals surface area contributed by atoms with E-state index in [1.54, 1.807) is 0 Å². The minimum Gasteiger partial charge on any atom is -0.367 e. The topological polar surface area (TPSA) is 29.3 Å². The molecule has 2 nitrogen and oxygen atoms in total. The van der Waals surface area contributed by atoms with Crippen LogP contribution >= 0.6 is 0 Å². The SMILES string of the molecule is CCN(c1ccc(F)cc1)C(CN)C1CC1. The number of nitrogens with two attached hydrogens (primary N) is 1. The van der Waals surface area contributed by atoms with Crippen molar-refractivity contribution in [3.05, 3.63) is 30.1 Å². The van der Waals surface area contributed by atoms with E-state index in [4.69, 9.17) is 5.73 Å². The van der Waals surface area contributed by atoms with Crippen LogP contribution in [0.3, 0.4) is 0 Å². The molecule has 0 aromatic heterocycles. The molecule has 3 heteroatoms. The van der Waals surface area contributed by atoms with Crippen LogP contribution in [0.5, 0.6) is 0 Å². The molecule has 16 heavy (non-hydrogen) atoms. The minimum absolute atomic E-state index is 0.185. The number of hydrogen-bond acceptors (Lipinski definition) is 2. The zero-order chi connectivity index (χ0) is 11.5. The fourth-order valence-corrected chi connectivity index (χ4v) is 2.30. The highest BCUT2D eigenvalue weighted by Crippen LogP contribution is 2.36. The van der Waals surface area contributed by atoms with Gasteiger partial charge in [0.2, 0.25) is 0 Å². The van der Waals surface area contributed by atoms with Gasteiger partial charge in [0, 0.05) is 24.8 Å².